The summed E-state index contributed by atoms with van der Waals surface area (Å²) in [5.41, 5.74) is 1.46. The first kappa shape index (κ1) is 15.9. The molecule has 0 radical (unpaired) electrons. The van der Waals surface area contributed by atoms with E-state index in [9.17, 15) is 9.59 Å². The minimum Gasteiger partial charge on any atom is -0.481 e. The van der Waals surface area contributed by atoms with Gasteiger partial charge in [-0.15, -0.1) is 11.8 Å². The van der Waals surface area contributed by atoms with Crippen LogP contribution in [0.5, 0.6) is 0 Å². The second kappa shape index (κ2) is 6.98. The fraction of sp³-hybridized carbons (Fsp3) is 0.500. The monoisotopic (exact) mass is 307 g/mol. The highest BCUT2D eigenvalue weighted by molar-refractivity contribution is 8.00. The zero-order valence-corrected chi connectivity index (χ0v) is 13.1. The summed E-state index contributed by atoms with van der Waals surface area (Å²) < 4.78 is 0. The van der Waals surface area contributed by atoms with Crippen LogP contribution in [-0.2, 0) is 15.0 Å². The number of hydrogen-bond donors (Lipinski definition) is 1. The summed E-state index contributed by atoms with van der Waals surface area (Å²) >= 11 is 1.17. The van der Waals surface area contributed by atoms with Gasteiger partial charge in [0.05, 0.1) is 11.5 Å². The van der Waals surface area contributed by atoms with Gasteiger partial charge in [-0.1, -0.05) is 37.3 Å². The molecule has 4 nitrogen and oxygen atoms in total. The fourth-order valence-corrected chi connectivity index (χ4v) is 3.33. The lowest BCUT2D eigenvalue weighted by Crippen LogP contribution is -2.44. The van der Waals surface area contributed by atoms with Crippen LogP contribution in [-0.4, -0.2) is 46.5 Å². The van der Waals surface area contributed by atoms with Crippen LogP contribution in [0, 0.1) is 0 Å². The van der Waals surface area contributed by atoms with Gasteiger partial charge in [0.1, 0.15) is 0 Å². The Labute approximate surface area is 129 Å². The number of benzene rings is 1. The number of likely N-dealkylation sites (tertiary alicyclic amines) is 1. The topological polar surface area (TPSA) is 57.6 Å². The lowest BCUT2D eigenvalue weighted by Gasteiger charge is -2.40. The van der Waals surface area contributed by atoms with E-state index in [2.05, 4.69) is 31.2 Å². The molecule has 0 bridgehead atoms. The molecule has 1 aliphatic heterocycles. The van der Waals surface area contributed by atoms with Crippen LogP contribution in [0.15, 0.2) is 30.3 Å². The third-order valence-corrected chi connectivity index (χ3v) is 5.04. The Morgan fingerprint density at radius 1 is 1.19 bits per heavy atom. The number of thioether (sulfide) groups is 1. The van der Waals surface area contributed by atoms with E-state index >= 15 is 0 Å². The standard InChI is InChI=1S/C16H21NO3S/c1-16(13-5-3-2-4-6-13)7-9-17(10-8-16)14(18)11-21-12-15(19)20/h2-6H,7-12H2,1H3,(H,19,20). The molecule has 5 heteroatoms. The second-order valence-electron chi connectivity index (χ2n) is 5.69. The molecule has 1 fully saturated rings. The number of piperidine rings is 1. The number of nitrogens with zero attached hydrogens (tertiary/aromatic N) is 1. The molecule has 0 aromatic heterocycles. The van der Waals surface area contributed by atoms with E-state index in [4.69, 9.17) is 5.11 Å². The van der Waals surface area contributed by atoms with Crippen LogP contribution >= 0.6 is 11.8 Å². The van der Waals surface area contributed by atoms with Gasteiger partial charge in [-0.2, -0.15) is 0 Å². The van der Waals surface area contributed by atoms with Gasteiger partial charge in [0.25, 0.3) is 0 Å². The number of carboxylic acids is 1. The third-order valence-electron chi connectivity index (χ3n) is 4.14. The van der Waals surface area contributed by atoms with Crippen molar-refractivity contribution in [3.05, 3.63) is 35.9 Å². The first-order chi connectivity index (χ1) is 10.0. The SMILES string of the molecule is CC1(c2ccccc2)CCN(C(=O)CSCC(=O)O)CC1. The van der Waals surface area contributed by atoms with Crippen molar-refractivity contribution in [2.45, 2.75) is 25.2 Å². The molecule has 114 valence electrons. The molecule has 1 aromatic carbocycles. The van der Waals surface area contributed by atoms with Gasteiger partial charge in [0.2, 0.25) is 5.91 Å². The Morgan fingerprint density at radius 3 is 2.38 bits per heavy atom. The predicted molar refractivity (Wildman–Crippen MR) is 84.6 cm³/mol. The summed E-state index contributed by atoms with van der Waals surface area (Å²) in [5, 5.41) is 8.59. The Balaban J connectivity index is 1.85. The van der Waals surface area contributed by atoms with Crippen molar-refractivity contribution >= 4 is 23.6 Å². The highest BCUT2D eigenvalue weighted by Gasteiger charge is 2.32. The Morgan fingerprint density at radius 2 is 1.81 bits per heavy atom. The number of hydrogen-bond acceptors (Lipinski definition) is 3. The van der Waals surface area contributed by atoms with Crippen LogP contribution in [0.4, 0.5) is 0 Å². The zero-order valence-electron chi connectivity index (χ0n) is 12.2. The molecule has 0 unspecified atom stereocenters. The van der Waals surface area contributed by atoms with E-state index in [1.54, 1.807) is 0 Å². The van der Waals surface area contributed by atoms with Crippen molar-refractivity contribution in [3.8, 4) is 0 Å². The zero-order chi connectivity index (χ0) is 15.3. The number of amides is 1. The van der Waals surface area contributed by atoms with Gasteiger partial charge in [-0.25, -0.2) is 0 Å². The molecule has 1 N–H and O–H groups in total. The molecule has 0 saturated carbocycles. The number of aliphatic carboxylic acids is 1. The van der Waals surface area contributed by atoms with Gasteiger partial charge in [0, 0.05) is 13.1 Å². The number of rotatable bonds is 5. The Kier molecular flexibility index (Phi) is 5.28. The van der Waals surface area contributed by atoms with Crippen LogP contribution in [0.1, 0.15) is 25.3 Å². The van der Waals surface area contributed by atoms with E-state index < -0.39 is 5.97 Å². The fourth-order valence-electron chi connectivity index (χ4n) is 2.70. The third kappa shape index (κ3) is 4.24. The van der Waals surface area contributed by atoms with Crippen molar-refractivity contribution in [1.82, 2.24) is 4.90 Å². The summed E-state index contributed by atoms with van der Waals surface area (Å²) in [6.07, 6.45) is 1.90. The molecule has 1 amide bonds. The van der Waals surface area contributed by atoms with E-state index in [1.807, 2.05) is 11.0 Å². The molecule has 1 aliphatic rings. The molecule has 21 heavy (non-hydrogen) atoms. The second-order valence-corrected chi connectivity index (χ2v) is 6.68. The maximum absolute atomic E-state index is 12.0. The summed E-state index contributed by atoms with van der Waals surface area (Å²) in [6.45, 7) is 3.75. The van der Waals surface area contributed by atoms with Crippen LogP contribution < -0.4 is 0 Å². The smallest absolute Gasteiger partial charge is 0.313 e. The van der Waals surface area contributed by atoms with Gasteiger partial charge >= 0.3 is 5.97 Å². The average molecular weight is 307 g/mol. The average Bonchev–Trinajstić information content (AvgIpc) is 2.48. The Bertz CT molecular complexity index is 496. The maximum Gasteiger partial charge on any atom is 0.313 e. The first-order valence-corrected chi connectivity index (χ1v) is 8.29. The van der Waals surface area contributed by atoms with Gasteiger partial charge in [-0.05, 0) is 23.8 Å². The summed E-state index contributed by atoms with van der Waals surface area (Å²) in [5.74, 6) is -0.574. The van der Waals surface area contributed by atoms with Crippen molar-refractivity contribution < 1.29 is 14.7 Å². The lowest BCUT2D eigenvalue weighted by molar-refractivity contribution is -0.133. The molecular formula is C16H21NO3S. The molecule has 0 aliphatic carbocycles. The normalized spacial score (nSPS) is 17.5. The lowest BCUT2D eigenvalue weighted by atomic mass is 9.74. The summed E-state index contributed by atoms with van der Waals surface area (Å²) in [6, 6.07) is 10.4. The van der Waals surface area contributed by atoms with Gasteiger partial charge in [0.15, 0.2) is 0 Å². The molecule has 0 spiro atoms. The summed E-state index contributed by atoms with van der Waals surface area (Å²) in [4.78, 5) is 24.4. The van der Waals surface area contributed by atoms with Crippen molar-refractivity contribution in [2.24, 2.45) is 0 Å². The highest BCUT2D eigenvalue weighted by atomic mass is 32.2. The van der Waals surface area contributed by atoms with Gasteiger partial charge in [-0.3, -0.25) is 9.59 Å². The van der Waals surface area contributed by atoms with Crippen molar-refractivity contribution in [3.63, 3.8) is 0 Å². The van der Waals surface area contributed by atoms with Gasteiger partial charge < -0.3 is 10.0 Å². The molecular weight excluding hydrogens is 286 g/mol. The summed E-state index contributed by atoms with van der Waals surface area (Å²) in [7, 11) is 0. The van der Waals surface area contributed by atoms with Crippen molar-refractivity contribution in [2.75, 3.05) is 24.6 Å². The van der Waals surface area contributed by atoms with E-state index in [-0.39, 0.29) is 22.8 Å². The van der Waals surface area contributed by atoms with Crippen LogP contribution in [0.25, 0.3) is 0 Å². The molecule has 0 atom stereocenters. The maximum atomic E-state index is 12.0. The molecule has 1 heterocycles. The van der Waals surface area contributed by atoms with E-state index in [0.717, 1.165) is 25.9 Å². The van der Waals surface area contributed by atoms with E-state index in [0.29, 0.717) is 0 Å². The highest BCUT2D eigenvalue weighted by Crippen LogP contribution is 2.34. The Hall–Kier alpha value is -1.49. The molecule has 2 rings (SSSR count). The number of carbonyl (C=O) groups is 2. The number of carboxylic acid groups (broad SMARTS) is 1. The minimum atomic E-state index is -0.872. The quantitative estimate of drug-likeness (QED) is 0.907. The van der Waals surface area contributed by atoms with Crippen LogP contribution in [0.3, 0.4) is 0 Å². The minimum absolute atomic E-state index is 0.0126. The first-order valence-electron chi connectivity index (χ1n) is 7.14. The van der Waals surface area contributed by atoms with E-state index in [1.165, 1.54) is 17.3 Å². The molecule has 1 saturated heterocycles. The number of carbonyl (C=O) groups excluding carboxylic acids is 1. The molecule has 1 aromatic rings. The predicted octanol–water partition coefficient (Wildman–Crippen LogP) is 2.38. The largest absolute Gasteiger partial charge is 0.481 e. The van der Waals surface area contributed by atoms with Crippen molar-refractivity contribution in [1.29, 1.82) is 0 Å². The van der Waals surface area contributed by atoms with Crippen LogP contribution in [0.2, 0.25) is 0 Å².